The summed E-state index contributed by atoms with van der Waals surface area (Å²) in [5.74, 6) is -0.569. The van der Waals surface area contributed by atoms with Gasteiger partial charge in [0.15, 0.2) is 0 Å². The molecule has 0 radical (unpaired) electrons. The van der Waals surface area contributed by atoms with Crippen LogP contribution in [0.2, 0.25) is 0 Å². The molecule has 64 valence electrons. The molecule has 0 unspecified atom stereocenters. The van der Waals surface area contributed by atoms with Crippen LogP contribution in [0.15, 0.2) is 23.4 Å². The van der Waals surface area contributed by atoms with Gasteiger partial charge in [-0.05, 0) is 6.08 Å². The zero-order chi connectivity index (χ0) is 9.14. The SMILES string of the molecule is N#CC1=C(N)C=C[C@@H](O)[C@@H]1CO. The van der Waals surface area contributed by atoms with Gasteiger partial charge in [0, 0.05) is 11.6 Å². The second-order valence-corrected chi connectivity index (χ2v) is 2.62. The highest BCUT2D eigenvalue weighted by atomic mass is 16.3. The smallest absolute Gasteiger partial charge is 0.0973 e. The first kappa shape index (κ1) is 8.78. The number of nitriles is 1. The first-order valence-electron chi connectivity index (χ1n) is 3.57. The van der Waals surface area contributed by atoms with Crippen molar-refractivity contribution >= 4 is 0 Å². The van der Waals surface area contributed by atoms with Gasteiger partial charge >= 0.3 is 0 Å². The van der Waals surface area contributed by atoms with Crippen LogP contribution in [0.5, 0.6) is 0 Å². The zero-order valence-electron chi connectivity index (χ0n) is 6.44. The first-order valence-corrected chi connectivity index (χ1v) is 3.57. The molecule has 4 nitrogen and oxygen atoms in total. The fourth-order valence-electron chi connectivity index (χ4n) is 1.16. The Hall–Kier alpha value is -1.31. The van der Waals surface area contributed by atoms with Crippen LogP contribution >= 0.6 is 0 Å². The highest BCUT2D eigenvalue weighted by Gasteiger charge is 2.25. The molecule has 1 rings (SSSR count). The van der Waals surface area contributed by atoms with Gasteiger partial charge in [-0.2, -0.15) is 5.26 Å². The summed E-state index contributed by atoms with van der Waals surface area (Å²) in [6, 6.07) is 1.87. The molecular formula is C8H10N2O2. The normalized spacial score (nSPS) is 28.8. The Morgan fingerprint density at radius 2 is 2.33 bits per heavy atom. The molecule has 0 aromatic rings. The first-order chi connectivity index (χ1) is 5.70. The lowest BCUT2D eigenvalue weighted by Gasteiger charge is -2.21. The van der Waals surface area contributed by atoms with Crippen molar-refractivity contribution in [3.05, 3.63) is 23.4 Å². The molecule has 0 amide bonds. The Labute approximate surface area is 70.2 Å². The molecule has 2 atom stereocenters. The van der Waals surface area contributed by atoms with Crippen molar-refractivity contribution in [3.63, 3.8) is 0 Å². The van der Waals surface area contributed by atoms with Gasteiger partial charge in [-0.3, -0.25) is 0 Å². The predicted molar refractivity (Wildman–Crippen MR) is 42.5 cm³/mol. The average molecular weight is 166 g/mol. The maximum atomic E-state index is 9.30. The predicted octanol–water partition coefficient (Wildman–Crippen LogP) is -0.738. The molecule has 0 aliphatic heterocycles. The summed E-state index contributed by atoms with van der Waals surface area (Å²) in [6.07, 6.45) is 2.14. The van der Waals surface area contributed by atoms with E-state index in [0.717, 1.165) is 0 Å². The summed E-state index contributed by atoms with van der Waals surface area (Å²) in [5, 5.41) is 26.8. The minimum Gasteiger partial charge on any atom is -0.398 e. The van der Waals surface area contributed by atoms with E-state index in [0.29, 0.717) is 5.70 Å². The Morgan fingerprint density at radius 3 is 2.75 bits per heavy atom. The van der Waals surface area contributed by atoms with Crippen LogP contribution in [0, 0.1) is 17.2 Å². The molecule has 0 bridgehead atoms. The summed E-state index contributed by atoms with van der Waals surface area (Å²) in [7, 11) is 0. The summed E-state index contributed by atoms with van der Waals surface area (Å²) in [4.78, 5) is 0. The molecule has 1 aliphatic carbocycles. The van der Waals surface area contributed by atoms with Crippen LogP contribution in [-0.4, -0.2) is 22.9 Å². The van der Waals surface area contributed by atoms with E-state index >= 15 is 0 Å². The van der Waals surface area contributed by atoms with Crippen molar-refractivity contribution in [1.82, 2.24) is 0 Å². The van der Waals surface area contributed by atoms with E-state index in [1.54, 1.807) is 0 Å². The molecule has 0 saturated carbocycles. The molecule has 0 spiro atoms. The van der Waals surface area contributed by atoms with Gasteiger partial charge in [-0.15, -0.1) is 0 Å². The molecular weight excluding hydrogens is 156 g/mol. The number of aliphatic hydroxyl groups is 2. The third-order valence-corrected chi connectivity index (χ3v) is 1.88. The average Bonchev–Trinajstić information content (AvgIpc) is 2.08. The van der Waals surface area contributed by atoms with Gasteiger partial charge in [0.05, 0.1) is 24.4 Å². The van der Waals surface area contributed by atoms with Crippen molar-refractivity contribution in [3.8, 4) is 6.07 Å². The Kier molecular flexibility index (Phi) is 2.48. The molecule has 4 heteroatoms. The summed E-state index contributed by atoms with van der Waals surface area (Å²) in [6.45, 7) is -0.269. The molecule has 1 aliphatic rings. The van der Waals surface area contributed by atoms with Crippen LogP contribution in [-0.2, 0) is 0 Å². The number of allylic oxidation sites excluding steroid dienone is 1. The highest BCUT2D eigenvalue weighted by Crippen LogP contribution is 2.22. The lowest BCUT2D eigenvalue weighted by Crippen LogP contribution is -2.28. The van der Waals surface area contributed by atoms with Crippen molar-refractivity contribution in [2.45, 2.75) is 6.10 Å². The van der Waals surface area contributed by atoms with Crippen LogP contribution in [0.25, 0.3) is 0 Å². The Balaban J connectivity index is 3.01. The second kappa shape index (κ2) is 3.39. The minimum atomic E-state index is -0.808. The fraction of sp³-hybridized carbons (Fsp3) is 0.375. The number of nitrogens with zero attached hydrogens (tertiary/aromatic N) is 1. The van der Waals surface area contributed by atoms with Crippen LogP contribution < -0.4 is 5.73 Å². The Bertz CT molecular complexity index is 275. The van der Waals surface area contributed by atoms with Crippen molar-refractivity contribution < 1.29 is 10.2 Å². The van der Waals surface area contributed by atoms with E-state index in [9.17, 15) is 5.11 Å². The molecule has 0 aromatic heterocycles. The summed E-state index contributed by atoms with van der Waals surface area (Å²) in [5.41, 5.74) is 6.04. The van der Waals surface area contributed by atoms with Gasteiger partial charge in [0.1, 0.15) is 0 Å². The molecule has 0 heterocycles. The number of hydrogen-bond donors (Lipinski definition) is 3. The lowest BCUT2D eigenvalue weighted by molar-refractivity contribution is 0.121. The van der Waals surface area contributed by atoms with E-state index in [4.69, 9.17) is 16.1 Å². The van der Waals surface area contributed by atoms with Gasteiger partial charge in [0.25, 0.3) is 0 Å². The van der Waals surface area contributed by atoms with E-state index < -0.39 is 12.0 Å². The van der Waals surface area contributed by atoms with Crippen molar-refractivity contribution in [2.75, 3.05) is 6.61 Å². The number of aliphatic hydroxyl groups excluding tert-OH is 2. The molecule has 0 saturated heterocycles. The fourth-order valence-corrected chi connectivity index (χ4v) is 1.16. The quantitative estimate of drug-likeness (QED) is 0.478. The van der Waals surface area contributed by atoms with Crippen molar-refractivity contribution in [2.24, 2.45) is 11.7 Å². The minimum absolute atomic E-state index is 0.257. The molecule has 0 aromatic carbocycles. The summed E-state index contributed by atoms with van der Waals surface area (Å²) >= 11 is 0. The molecule has 4 N–H and O–H groups in total. The maximum absolute atomic E-state index is 9.30. The maximum Gasteiger partial charge on any atom is 0.0973 e. The molecule has 0 fully saturated rings. The third-order valence-electron chi connectivity index (χ3n) is 1.88. The topological polar surface area (TPSA) is 90.3 Å². The standard InChI is InChI=1S/C8H10N2O2/c9-3-5-6(4-11)8(12)2-1-7(5)10/h1-2,6,8,11-12H,4,10H2/t6-,8-/m1/s1. The zero-order valence-corrected chi connectivity index (χ0v) is 6.44. The summed E-state index contributed by atoms with van der Waals surface area (Å²) < 4.78 is 0. The third kappa shape index (κ3) is 1.33. The number of rotatable bonds is 1. The highest BCUT2D eigenvalue weighted by molar-refractivity contribution is 5.39. The van der Waals surface area contributed by atoms with Crippen LogP contribution in [0.3, 0.4) is 0 Å². The van der Waals surface area contributed by atoms with Gasteiger partial charge in [-0.25, -0.2) is 0 Å². The van der Waals surface area contributed by atoms with E-state index in [1.165, 1.54) is 12.2 Å². The van der Waals surface area contributed by atoms with Gasteiger partial charge in [0.2, 0.25) is 0 Å². The van der Waals surface area contributed by atoms with Crippen LogP contribution in [0.1, 0.15) is 0 Å². The second-order valence-electron chi connectivity index (χ2n) is 2.62. The van der Waals surface area contributed by atoms with Crippen molar-refractivity contribution in [1.29, 1.82) is 5.26 Å². The van der Waals surface area contributed by atoms with Crippen LogP contribution in [0.4, 0.5) is 0 Å². The van der Waals surface area contributed by atoms with Gasteiger partial charge < -0.3 is 15.9 Å². The number of hydrogen-bond acceptors (Lipinski definition) is 4. The van der Waals surface area contributed by atoms with E-state index in [-0.39, 0.29) is 12.2 Å². The monoisotopic (exact) mass is 166 g/mol. The molecule has 12 heavy (non-hydrogen) atoms. The Morgan fingerprint density at radius 1 is 1.67 bits per heavy atom. The van der Waals surface area contributed by atoms with E-state index in [1.807, 2.05) is 6.07 Å². The number of nitrogens with two attached hydrogens (primary N) is 1. The largest absolute Gasteiger partial charge is 0.398 e. The van der Waals surface area contributed by atoms with Gasteiger partial charge in [-0.1, -0.05) is 6.08 Å². The lowest BCUT2D eigenvalue weighted by atomic mass is 9.89. The van der Waals surface area contributed by atoms with E-state index in [2.05, 4.69) is 0 Å².